The molecule has 0 aliphatic carbocycles. The highest BCUT2D eigenvalue weighted by molar-refractivity contribution is 6.42. The van der Waals surface area contributed by atoms with E-state index in [0.717, 1.165) is 16.8 Å². The quantitative estimate of drug-likeness (QED) is 0.894. The minimum absolute atomic E-state index is 0.0815. The predicted molar refractivity (Wildman–Crippen MR) is 82.8 cm³/mol. The predicted octanol–water partition coefficient (Wildman–Crippen LogP) is 2.49. The van der Waals surface area contributed by atoms with E-state index in [1.165, 1.54) is 18.2 Å². The smallest absolute Gasteiger partial charge is 0.337 e. The maximum Gasteiger partial charge on any atom is 0.337 e. The second-order valence-electron chi connectivity index (χ2n) is 4.37. The van der Waals surface area contributed by atoms with Crippen molar-refractivity contribution in [2.45, 2.75) is 6.54 Å². The fourth-order valence-corrected chi connectivity index (χ4v) is 2.01. The number of nitrogens with zero attached hydrogens (tertiary/aromatic N) is 1. The van der Waals surface area contributed by atoms with Crippen LogP contribution in [0.3, 0.4) is 0 Å². The van der Waals surface area contributed by atoms with Gasteiger partial charge in [-0.3, -0.25) is 9.59 Å². The van der Waals surface area contributed by atoms with E-state index in [9.17, 15) is 14.4 Å². The number of carbonyl (C=O) groups excluding carboxylic acids is 1. The number of aromatic carboxylic acids is 1. The van der Waals surface area contributed by atoms with Crippen LogP contribution in [0.1, 0.15) is 10.4 Å². The molecule has 22 heavy (non-hydrogen) atoms. The third-order valence-corrected chi connectivity index (χ3v) is 3.49. The topological polar surface area (TPSA) is 88.4 Å². The fourth-order valence-electron chi connectivity index (χ4n) is 1.71. The molecular weight excluding hydrogens is 331 g/mol. The number of nitrogens with one attached hydrogen (secondary N) is 1. The number of hydrogen-bond acceptors (Lipinski definition) is 3. The molecule has 0 aliphatic heterocycles. The summed E-state index contributed by atoms with van der Waals surface area (Å²) in [6.45, 7) is -0.319. The minimum Gasteiger partial charge on any atom is -0.478 e. The van der Waals surface area contributed by atoms with Crippen LogP contribution in [-0.2, 0) is 11.3 Å². The number of anilines is 1. The lowest BCUT2D eigenvalue weighted by Crippen LogP contribution is -2.27. The Hall–Kier alpha value is -2.31. The molecule has 0 atom stereocenters. The van der Waals surface area contributed by atoms with Crippen molar-refractivity contribution in [1.29, 1.82) is 0 Å². The van der Waals surface area contributed by atoms with Gasteiger partial charge in [-0.15, -0.1) is 0 Å². The van der Waals surface area contributed by atoms with Crippen molar-refractivity contribution in [3.63, 3.8) is 0 Å². The minimum atomic E-state index is -1.18. The average molecular weight is 341 g/mol. The largest absolute Gasteiger partial charge is 0.478 e. The van der Waals surface area contributed by atoms with Crippen molar-refractivity contribution < 1.29 is 14.7 Å². The summed E-state index contributed by atoms with van der Waals surface area (Å²) in [5.41, 5.74) is -0.141. The summed E-state index contributed by atoms with van der Waals surface area (Å²) < 4.78 is 1.01. The number of pyridine rings is 1. The van der Waals surface area contributed by atoms with Gasteiger partial charge in [-0.2, -0.15) is 0 Å². The lowest BCUT2D eigenvalue weighted by molar-refractivity contribution is -0.116. The summed E-state index contributed by atoms with van der Waals surface area (Å²) >= 11 is 11.6. The van der Waals surface area contributed by atoms with Gasteiger partial charge in [-0.05, 0) is 24.3 Å². The maximum absolute atomic E-state index is 11.9. The van der Waals surface area contributed by atoms with Gasteiger partial charge in [0.05, 0.1) is 15.6 Å². The Morgan fingerprint density at radius 2 is 1.86 bits per heavy atom. The molecule has 0 unspecified atom stereocenters. The molecule has 1 amide bonds. The van der Waals surface area contributed by atoms with Crippen LogP contribution < -0.4 is 10.9 Å². The van der Waals surface area contributed by atoms with Crippen LogP contribution in [0.5, 0.6) is 0 Å². The number of hydrogen-bond donors (Lipinski definition) is 2. The van der Waals surface area contributed by atoms with Gasteiger partial charge in [-0.1, -0.05) is 23.2 Å². The fraction of sp³-hybridized carbons (Fsp3) is 0.0714. The first-order valence-corrected chi connectivity index (χ1v) is 6.81. The van der Waals surface area contributed by atoms with Crippen LogP contribution in [0, 0.1) is 0 Å². The highest BCUT2D eigenvalue weighted by Crippen LogP contribution is 2.24. The first-order chi connectivity index (χ1) is 10.4. The standard InChI is InChI=1S/C14H10Cl2N2O4/c15-10-3-2-9(5-11(10)16)17-12(19)7-18-6-8(14(21)22)1-4-13(18)20/h1-6H,7H2,(H,17,19)(H,21,22). The molecule has 0 saturated heterocycles. The molecule has 1 heterocycles. The zero-order valence-electron chi connectivity index (χ0n) is 11.0. The van der Waals surface area contributed by atoms with Crippen molar-refractivity contribution in [3.05, 3.63) is 62.5 Å². The Morgan fingerprint density at radius 1 is 1.14 bits per heavy atom. The van der Waals surface area contributed by atoms with E-state index in [2.05, 4.69) is 5.32 Å². The van der Waals surface area contributed by atoms with Crippen LogP contribution in [0.15, 0.2) is 41.3 Å². The number of rotatable bonds is 4. The van der Waals surface area contributed by atoms with Gasteiger partial charge in [0.25, 0.3) is 5.56 Å². The van der Waals surface area contributed by atoms with E-state index < -0.39 is 17.4 Å². The van der Waals surface area contributed by atoms with Gasteiger partial charge >= 0.3 is 5.97 Å². The molecule has 0 fully saturated rings. The SMILES string of the molecule is O=C(Cn1cc(C(=O)O)ccc1=O)Nc1ccc(Cl)c(Cl)c1. The number of carboxylic acids is 1. The molecule has 8 heteroatoms. The lowest BCUT2D eigenvalue weighted by atomic mass is 10.3. The van der Waals surface area contributed by atoms with Crippen molar-refractivity contribution in [1.82, 2.24) is 4.57 Å². The first kappa shape index (κ1) is 16.1. The van der Waals surface area contributed by atoms with Gasteiger partial charge in [-0.25, -0.2) is 4.79 Å². The van der Waals surface area contributed by atoms with Crippen LogP contribution in [0.4, 0.5) is 5.69 Å². The van der Waals surface area contributed by atoms with Gasteiger partial charge in [0.15, 0.2) is 0 Å². The van der Waals surface area contributed by atoms with Crippen molar-refractivity contribution >= 4 is 40.8 Å². The number of aromatic nitrogens is 1. The number of amides is 1. The van der Waals surface area contributed by atoms with E-state index >= 15 is 0 Å². The second kappa shape index (κ2) is 6.64. The summed E-state index contributed by atoms with van der Waals surface area (Å²) in [7, 11) is 0. The number of benzene rings is 1. The van der Waals surface area contributed by atoms with Gasteiger partial charge in [0, 0.05) is 18.0 Å². The molecule has 0 bridgehead atoms. The van der Waals surface area contributed by atoms with E-state index in [1.54, 1.807) is 6.07 Å². The van der Waals surface area contributed by atoms with Crippen molar-refractivity contribution in [2.75, 3.05) is 5.32 Å². The molecule has 0 spiro atoms. The normalized spacial score (nSPS) is 10.3. The third-order valence-electron chi connectivity index (χ3n) is 2.75. The van der Waals surface area contributed by atoms with Crippen molar-refractivity contribution in [2.24, 2.45) is 0 Å². The number of halogens is 2. The molecule has 0 radical (unpaired) electrons. The maximum atomic E-state index is 11.9. The zero-order chi connectivity index (χ0) is 16.3. The Labute approximate surface area is 134 Å². The molecule has 6 nitrogen and oxygen atoms in total. The summed E-state index contributed by atoms with van der Waals surface area (Å²) in [5.74, 6) is -1.68. The average Bonchev–Trinajstić information content (AvgIpc) is 2.45. The molecule has 2 rings (SSSR count). The molecule has 2 aromatic rings. The molecule has 1 aromatic carbocycles. The monoisotopic (exact) mass is 340 g/mol. The Bertz CT molecular complexity index is 802. The molecule has 1 aromatic heterocycles. The molecule has 0 saturated carbocycles. The summed E-state index contributed by atoms with van der Waals surface area (Å²) in [6, 6.07) is 6.82. The van der Waals surface area contributed by atoms with E-state index in [0.29, 0.717) is 10.7 Å². The Balaban J connectivity index is 2.15. The molecule has 114 valence electrons. The van der Waals surface area contributed by atoms with Crippen LogP contribution in [0.25, 0.3) is 0 Å². The van der Waals surface area contributed by atoms with E-state index in [-0.39, 0.29) is 17.1 Å². The van der Waals surface area contributed by atoms with Crippen LogP contribution in [0.2, 0.25) is 10.0 Å². The zero-order valence-corrected chi connectivity index (χ0v) is 12.6. The van der Waals surface area contributed by atoms with Crippen LogP contribution in [-0.4, -0.2) is 21.6 Å². The lowest BCUT2D eigenvalue weighted by Gasteiger charge is -2.08. The summed E-state index contributed by atoms with van der Waals surface area (Å²) in [6.07, 6.45) is 1.11. The Morgan fingerprint density at radius 3 is 2.50 bits per heavy atom. The highest BCUT2D eigenvalue weighted by atomic mass is 35.5. The summed E-state index contributed by atoms with van der Waals surface area (Å²) in [5, 5.41) is 12.1. The number of carboxylic acid groups (broad SMARTS) is 1. The van der Waals surface area contributed by atoms with Gasteiger partial charge < -0.3 is 15.0 Å². The van der Waals surface area contributed by atoms with Crippen molar-refractivity contribution in [3.8, 4) is 0 Å². The Kier molecular flexibility index (Phi) is 4.85. The third kappa shape index (κ3) is 3.87. The van der Waals surface area contributed by atoms with Gasteiger partial charge in [0.1, 0.15) is 6.54 Å². The van der Waals surface area contributed by atoms with E-state index in [1.807, 2.05) is 0 Å². The molecular formula is C14H10Cl2N2O4. The number of carbonyl (C=O) groups is 2. The van der Waals surface area contributed by atoms with Gasteiger partial charge in [0.2, 0.25) is 5.91 Å². The molecule has 2 N–H and O–H groups in total. The second-order valence-corrected chi connectivity index (χ2v) is 5.18. The molecule has 0 aliphatic rings. The first-order valence-electron chi connectivity index (χ1n) is 6.05. The van der Waals surface area contributed by atoms with E-state index in [4.69, 9.17) is 28.3 Å². The summed E-state index contributed by atoms with van der Waals surface area (Å²) in [4.78, 5) is 34.4. The van der Waals surface area contributed by atoms with Crippen LogP contribution >= 0.6 is 23.2 Å². The highest BCUT2D eigenvalue weighted by Gasteiger charge is 2.09.